The van der Waals surface area contributed by atoms with Crippen molar-refractivity contribution in [2.24, 2.45) is 0 Å². The maximum atomic E-state index is 8.96. The van der Waals surface area contributed by atoms with Crippen LogP contribution in [0.1, 0.15) is 0 Å². The Bertz CT molecular complexity index is 307. The molecule has 2 rings (SSSR count). The molecule has 0 spiro atoms. The lowest BCUT2D eigenvalue weighted by Crippen LogP contribution is -2.37. The summed E-state index contributed by atoms with van der Waals surface area (Å²) in [4.78, 5) is 0. The van der Waals surface area contributed by atoms with E-state index in [0.717, 1.165) is 25.9 Å². The molecule has 1 heterocycles. The molecule has 0 atom stereocenters. The highest BCUT2D eigenvalue weighted by molar-refractivity contribution is 6.73. The van der Waals surface area contributed by atoms with Crippen molar-refractivity contribution in [1.82, 2.24) is 0 Å². The third-order valence-corrected chi connectivity index (χ3v) is 2.93. The van der Waals surface area contributed by atoms with E-state index in [1.54, 1.807) is 12.1 Å². The molecule has 0 radical (unpaired) electrons. The second kappa shape index (κ2) is 4.84. The predicted molar refractivity (Wildman–Crippen MR) is 62.1 cm³/mol. The zero-order chi connectivity index (χ0) is 10.7. The molecule has 0 bridgehead atoms. The predicted octanol–water partition coefficient (Wildman–Crippen LogP) is -0.902. The quantitative estimate of drug-likeness (QED) is 0.613. The highest BCUT2D eigenvalue weighted by Crippen LogP contribution is 2.07. The Morgan fingerprint density at radius 2 is 1.67 bits per heavy atom. The van der Waals surface area contributed by atoms with Crippen molar-refractivity contribution in [3.63, 3.8) is 0 Å². The minimum Gasteiger partial charge on any atom is -0.423 e. The second-order valence-corrected chi connectivity index (χ2v) is 3.93. The average Bonchev–Trinajstić information content (AvgIpc) is 2.30. The number of hydrogen-bond acceptors (Lipinski definition) is 3. The van der Waals surface area contributed by atoms with Crippen molar-refractivity contribution in [2.75, 3.05) is 13.2 Å². The molecule has 0 aliphatic carbocycles. The van der Waals surface area contributed by atoms with Crippen LogP contribution in [0.3, 0.4) is 0 Å². The Morgan fingerprint density at radius 1 is 1.07 bits per heavy atom. The summed E-state index contributed by atoms with van der Waals surface area (Å²) in [7, 11) is -1.37. The maximum Gasteiger partial charge on any atom is 0.488 e. The molecule has 1 aliphatic rings. The lowest BCUT2D eigenvalue weighted by molar-refractivity contribution is 0.151. The Balaban J connectivity index is 2.08. The minimum atomic E-state index is -1.37. The van der Waals surface area contributed by atoms with Gasteiger partial charge >= 0.3 is 7.12 Å². The van der Waals surface area contributed by atoms with Crippen LogP contribution in [0.2, 0.25) is 12.6 Å². The van der Waals surface area contributed by atoms with E-state index < -0.39 is 7.12 Å². The van der Waals surface area contributed by atoms with Gasteiger partial charge in [-0.1, -0.05) is 29.7 Å². The number of rotatable bonds is 2. The van der Waals surface area contributed by atoms with Gasteiger partial charge in [-0.25, -0.2) is 0 Å². The van der Waals surface area contributed by atoms with E-state index in [2.05, 4.69) is 0 Å². The van der Waals surface area contributed by atoms with Gasteiger partial charge in [0.2, 0.25) is 0 Å². The molecule has 0 unspecified atom stereocenters. The number of hydrogen-bond donors (Lipinski definition) is 2. The van der Waals surface area contributed by atoms with Crippen LogP contribution in [0.25, 0.3) is 0 Å². The molecule has 0 aromatic heterocycles. The lowest BCUT2D eigenvalue weighted by Gasteiger charge is -2.19. The second-order valence-electron chi connectivity index (χ2n) is 3.93. The molecular weight excluding hydrogens is 190 g/mol. The summed E-state index contributed by atoms with van der Waals surface area (Å²) in [6.07, 6.45) is 2.11. The first-order valence-electron chi connectivity index (χ1n) is 5.31. The van der Waals surface area contributed by atoms with E-state index in [0.29, 0.717) is 12.2 Å². The topological polar surface area (TPSA) is 49.7 Å². The third-order valence-electron chi connectivity index (χ3n) is 2.93. The molecule has 0 amide bonds. The lowest BCUT2D eigenvalue weighted by atomic mass is 9.40. The van der Waals surface area contributed by atoms with Crippen LogP contribution in [-0.2, 0) is 4.74 Å². The molecular formula is C10H14B2O3. The molecule has 1 aliphatic heterocycles. The molecule has 3 nitrogen and oxygen atoms in total. The van der Waals surface area contributed by atoms with Crippen molar-refractivity contribution in [2.45, 2.75) is 12.6 Å². The van der Waals surface area contributed by atoms with Crippen LogP contribution < -0.4 is 10.9 Å². The molecule has 1 aromatic carbocycles. The van der Waals surface area contributed by atoms with Gasteiger partial charge < -0.3 is 14.8 Å². The fourth-order valence-electron chi connectivity index (χ4n) is 1.97. The van der Waals surface area contributed by atoms with Crippen molar-refractivity contribution in [1.29, 1.82) is 0 Å². The van der Waals surface area contributed by atoms with Gasteiger partial charge in [0, 0.05) is 13.2 Å². The summed E-state index contributed by atoms with van der Waals surface area (Å²) >= 11 is 0. The van der Waals surface area contributed by atoms with Crippen molar-refractivity contribution >= 4 is 24.8 Å². The van der Waals surface area contributed by atoms with Crippen LogP contribution in [0.5, 0.6) is 0 Å². The van der Waals surface area contributed by atoms with Crippen LogP contribution in [0.15, 0.2) is 24.3 Å². The van der Waals surface area contributed by atoms with E-state index in [1.165, 1.54) is 5.46 Å². The van der Waals surface area contributed by atoms with Crippen molar-refractivity contribution in [3.8, 4) is 0 Å². The van der Waals surface area contributed by atoms with Crippen LogP contribution >= 0.6 is 0 Å². The van der Waals surface area contributed by atoms with E-state index in [1.807, 2.05) is 12.1 Å². The summed E-state index contributed by atoms with van der Waals surface area (Å²) in [6.45, 7) is 2.22. The largest absolute Gasteiger partial charge is 0.488 e. The first kappa shape index (κ1) is 10.7. The first-order valence-corrected chi connectivity index (χ1v) is 5.31. The minimum absolute atomic E-state index is 0.547. The molecule has 5 heteroatoms. The third kappa shape index (κ3) is 2.62. The van der Waals surface area contributed by atoms with Crippen LogP contribution in [-0.4, -0.2) is 37.1 Å². The number of benzene rings is 1. The van der Waals surface area contributed by atoms with Crippen LogP contribution in [0, 0.1) is 0 Å². The highest BCUT2D eigenvalue weighted by Gasteiger charge is 2.20. The van der Waals surface area contributed by atoms with Crippen molar-refractivity contribution < 1.29 is 14.8 Å². The smallest absolute Gasteiger partial charge is 0.423 e. The van der Waals surface area contributed by atoms with E-state index >= 15 is 0 Å². The normalized spacial score (nSPS) is 16.5. The Hall–Kier alpha value is -0.770. The Morgan fingerprint density at radius 3 is 2.20 bits per heavy atom. The van der Waals surface area contributed by atoms with E-state index in [9.17, 15) is 0 Å². The first-order chi connectivity index (χ1) is 7.27. The van der Waals surface area contributed by atoms with Crippen LogP contribution in [0.4, 0.5) is 0 Å². The molecule has 1 aromatic rings. The zero-order valence-corrected chi connectivity index (χ0v) is 8.60. The molecule has 1 saturated heterocycles. The summed E-state index contributed by atoms with van der Waals surface area (Å²) in [6, 6.07) is 7.50. The molecule has 15 heavy (non-hydrogen) atoms. The molecule has 0 saturated carbocycles. The monoisotopic (exact) mass is 204 g/mol. The van der Waals surface area contributed by atoms with Gasteiger partial charge in [0.1, 0.15) is 0 Å². The van der Waals surface area contributed by atoms with Gasteiger partial charge in [0.05, 0.1) is 0 Å². The Kier molecular flexibility index (Phi) is 3.46. The maximum absolute atomic E-state index is 8.96. The van der Waals surface area contributed by atoms with E-state index in [4.69, 9.17) is 14.8 Å². The summed E-state index contributed by atoms with van der Waals surface area (Å²) in [5, 5.41) is 17.9. The summed E-state index contributed by atoms with van der Waals surface area (Å²) < 4.78 is 5.30. The standard InChI is InChI=1S/C10H14B2O3/c13-12(14)10-3-1-9(2-4-10)11-5-7-15-8-6-11/h1-4,13-14H,5-8H2. The fraction of sp³-hybridized carbons (Fsp3) is 0.400. The fourth-order valence-corrected chi connectivity index (χ4v) is 1.97. The van der Waals surface area contributed by atoms with Crippen molar-refractivity contribution in [3.05, 3.63) is 24.3 Å². The van der Waals surface area contributed by atoms with E-state index in [-0.39, 0.29) is 0 Å². The van der Waals surface area contributed by atoms with Gasteiger partial charge in [-0.2, -0.15) is 0 Å². The summed E-state index contributed by atoms with van der Waals surface area (Å²) in [5.41, 5.74) is 1.81. The molecule has 78 valence electrons. The van der Waals surface area contributed by atoms with Gasteiger partial charge in [-0.15, -0.1) is 0 Å². The molecule has 2 N–H and O–H groups in total. The SMILES string of the molecule is OB(O)c1ccc(B2CCOCC2)cc1. The average molecular weight is 204 g/mol. The molecule has 1 fully saturated rings. The van der Waals surface area contributed by atoms with Gasteiger partial charge in [0.15, 0.2) is 6.71 Å². The summed E-state index contributed by atoms with van der Waals surface area (Å²) in [5.74, 6) is 0. The highest BCUT2D eigenvalue weighted by atomic mass is 16.5. The Labute approximate surface area is 90.3 Å². The van der Waals surface area contributed by atoms with Gasteiger partial charge in [0.25, 0.3) is 0 Å². The zero-order valence-electron chi connectivity index (χ0n) is 8.60. The van der Waals surface area contributed by atoms with Gasteiger partial charge in [-0.3, -0.25) is 0 Å². The number of ether oxygens (including phenoxy) is 1. The van der Waals surface area contributed by atoms with Gasteiger partial charge in [-0.05, 0) is 18.1 Å².